The van der Waals surface area contributed by atoms with Gasteiger partial charge in [0.15, 0.2) is 0 Å². The Morgan fingerprint density at radius 2 is 1.79 bits per heavy atom. The molecular weight excluding hydrogens is 408 g/mol. The first-order valence-corrected chi connectivity index (χ1v) is 9.24. The quantitative estimate of drug-likeness (QED) is 0.533. The molecule has 29 heavy (non-hydrogen) atoms. The van der Waals surface area contributed by atoms with Crippen LogP contribution in [0.3, 0.4) is 0 Å². The van der Waals surface area contributed by atoms with Crippen LogP contribution in [0.25, 0.3) is 0 Å². The van der Waals surface area contributed by atoms with Gasteiger partial charge in [-0.1, -0.05) is 29.7 Å². The summed E-state index contributed by atoms with van der Waals surface area (Å²) in [4.78, 5) is 15.6. The van der Waals surface area contributed by atoms with Crippen molar-refractivity contribution >= 4 is 17.5 Å². The maximum atomic E-state index is 13.2. The highest BCUT2D eigenvalue weighted by molar-refractivity contribution is 6.30. The van der Waals surface area contributed by atoms with E-state index in [0.717, 1.165) is 12.1 Å². The maximum absolute atomic E-state index is 13.2. The molecule has 1 fully saturated rings. The molecule has 2 aromatic rings. The molecular formula is C21H17ClF4N2O. The van der Waals surface area contributed by atoms with Crippen LogP contribution in [0, 0.1) is 17.7 Å². The number of piperazine rings is 1. The lowest BCUT2D eigenvalue weighted by atomic mass is 10.1. The third-order valence-corrected chi connectivity index (χ3v) is 4.80. The van der Waals surface area contributed by atoms with Gasteiger partial charge in [-0.15, -0.1) is 0 Å². The molecule has 3 nitrogen and oxygen atoms in total. The van der Waals surface area contributed by atoms with E-state index in [-0.39, 0.29) is 18.0 Å². The number of carbonyl (C=O) groups is 1. The number of halogens is 5. The normalized spacial score (nSPS) is 15.0. The van der Waals surface area contributed by atoms with E-state index in [2.05, 4.69) is 11.8 Å². The number of carbonyl (C=O) groups excluding carboxylic acids is 1. The van der Waals surface area contributed by atoms with Crippen molar-refractivity contribution in [3.63, 3.8) is 0 Å². The first-order chi connectivity index (χ1) is 13.7. The van der Waals surface area contributed by atoms with Crippen molar-refractivity contribution in [2.75, 3.05) is 26.2 Å². The lowest BCUT2D eigenvalue weighted by Gasteiger charge is -2.34. The Hall–Kier alpha value is -2.56. The topological polar surface area (TPSA) is 23.6 Å². The molecule has 8 heteroatoms. The monoisotopic (exact) mass is 424 g/mol. The van der Waals surface area contributed by atoms with Crippen molar-refractivity contribution in [2.45, 2.75) is 12.7 Å². The van der Waals surface area contributed by atoms with E-state index >= 15 is 0 Å². The molecule has 1 aliphatic rings. The minimum Gasteiger partial charge on any atom is -0.329 e. The molecule has 0 saturated carbocycles. The van der Waals surface area contributed by atoms with Crippen molar-refractivity contribution in [3.05, 3.63) is 70.0 Å². The Bertz CT molecular complexity index is 957. The zero-order chi connectivity index (χ0) is 21.0. The molecule has 1 heterocycles. The number of rotatable bonds is 2. The molecule has 1 amide bonds. The predicted octanol–water partition coefficient (Wildman–Crippen LogP) is 4.19. The third-order valence-electron chi connectivity index (χ3n) is 4.57. The van der Waals surface area contributed by atoms with Crippen molar-refractivity contribution in [2.24, 2.45) is 0 Å². The first-order valence-electron chi connectivity index (χ1n) is 8.87. The fourth-order valence-corrected chi connectivity index (χ4v) is 3.26. The minimum atomic E-state index is -4.62. The number of hydrogen-bond donors (Lipinski definition) is 0. The number of amides is 1. The molecule has 1 saturated heterocycles. The van der Waals surface area contributed by atoms with Crippen molar-refractivity contribution in [3.8, 4) is 11.8 Å². The molecule has 0 bridgehead atoms. The summed E-state index contributed by atoms with van der Waals surface area (Å²) in [5.74, 6) is 4.06. The van der Waals surface area contributed by atoms with Gasteiger partial charge in [-0.2, -0.15) is 13.2 Å². The smallest absolute Gasteiger partial charge is 0.329 e. The average molecular weight is 425 g/mol. The van der Waals surface area contributed by atoms with Gasteiger partial charge < -0.3 is 4.90 Å². The Morgan fingerprint density at radius 1 is 1.07 bits per heavy atom. The molecule has 2 aromatic carbocycles. The van der Waals surface area contributed by atoms with Gasteiger partial charge in [0.25, 0.3) is 5.91 Å². The number of benzene rings is 2. The number of nitrogens with zero attached hydrogens (tertiary/aromatic N) is 2. The summed E-state index contributed by atoms with van der Waals surface area (Å²) in [5.41, 5.74) is -0.330. The van der Waals surface area contributed by atoms with E-state index in [1.807, 2.05) is 0 Å². The molecule has 0 spiro atoms. The molecule has 0 aromatic heterocycles. The van der Waals surface area contributed by atoms with Gasteiger partial charge in [-0.3, -0.25) is 9.69 Å². The SMILES string of the molecule is O=C(C#Cc1cccc(Cl)c1)N1CCN(Cc2ccc(F)cc2C(F)(F)F)CC1. The second-order valence-electron chi connectivity index (χ2n) is 6.63. The Kier molecular flexibility index (Phi) is 6.46. The Morgan fingerprint density at radius 3 is 2.45 bits per heavy atom. The van der Waals surface area contributed by atoms with E-state index in [9.17, 15) is 22.4 Å². The van der Waals surface area contributed by atoms with Crippen LogP contribution in [0.5, 0.6) is 0 Å². The molecule has 0 aliphatic carbocycles. The molecule has 1 aliphatic heterocycles. The zero-order valence-electron chi connectivity index (χ0n) is 15.3. The molecule has 0 N–H and O–H groups in total. The minimum absolute atomic E-state index is 0.0134. The van der Waals surface area contributed by atoms with Crippen LogP contribution in [0.1, 0.15) is 16.7 Å². The van der Waals surface area contributed by atoms with Gasteiger partial charge in [0.05, 0.1) is 5.56 Å². The number of hydrogen-bond acceptors (Lipinski definition) is 2. The molecule has 0 unspecified atom stereocenters. The molecule has 152 valence electrons. The van der Waals surface area contributed by atoms with Gasteiger partial charge in [0, 0.05) is 49.2 Å². The summed E-state index contributed by atoms with van der Waals surface area (Å²) in [5, 5.41) is 0.525. The van der Waals surface area contributed by atoms with Crippen LogP contribution in [0.4, 0.5) is 17.6 Å². The first kappa shape index (κ1) is 21.2. The number of alkyl halides is 3. The van der Waals surface area contributed by atoms with Gasteiger partial charge in [0.1, 0.15) is 5.82 Å². The fourth-order valence-electron chi connectivity index (χ4n) is 3.07. The largest absolute Gasteiger partial charge is 0.416 e. The van der Waals surface area contributed by atoms with Crippen LogP contribution in [-0.4, -0.2) is 41.9 Å². The van der Waals surface area contributed by atoms with Gasteiger partial charge in [0.2, 0.25) is 0 Å². The highest BCUT2D eigenvalue weighted by atomic mass is 35.5. The van der Waals surface area contributed by atoms with Gasteiger partial charge >= 0.3 is 6.18 Å². The summed E-state index contributed by atoms with van der Waals surface area (Å²) in [7, 11) is 0. The van der Waals surface area contributed by atoms with E-state index in [1.54, 1.807) is 34.1 Å². The van der Waals surface area contributed by atoms with Gasteiger partial charge in [-0.25, -0.2) is 4.39 Å². The van der Waals surface area contributed by atoms with E-state index < -0.39 is 17.6 Å². The van der Waals surface area contributed by atoms with Crippen LogP contribution < -0.4 is 0 Å². The average Bonchev–Trinajstić information content (AvgIpc) is 2.67. The highest BCUT2D eigenvalue weighted by Gasteiger charge is 2.34. The standard InChI is InChI=1S/C21H17ClF4N2O/c22-17-3-1-2-15(12-17)4-7-20(29)28-10-8-27(9-11-28)14-16-5-6-18(23)13-19(16)21(24,25)26/h1-3,5-6,12-13H,8-11,14H2. The predicted molar refractivity (Wildman–Crippen MR) is 102 cm³/mol. The molecule has 0 atom stereocenters. The zero-order valence-corrected chi connectivity index (χ0v) is 16.0. The lowest BCUT2D eigenvalue weighted by Crippen LogP contribution is -2.48. The van der Waals surface area contributed by atoms with E-state index in [0.29, 0.717) is 42.8 Å². The summed E-state index contributed by atoms with van der Waals surface area (Å²) in [6, 6.07) is 9.54. The van der Waals surface area contributed by atoms with E-state index in [4.69, 9.17) is 11.6 Å². The van der Waals surface area contributed by atoms with Crippen LogP contribution in [0.2, 0.25) is 5.02 Å². The van der Waals surface area contributed by atoms with Crippen LogP contribution in [-0.2, 0) is 17.5 Å². The van der Waals surface area contributed by atoms with Crippen molar-refractivity contribution in [1.29, 1.82) is 0 Å². The third kappa shape index (κ3) is 5.72. The lowest BCUT2D eigenvalue weighted by molar-refractivity contribution is -0.138. The highest BCUT2D eigenvalue weighted by Crippen LogP contribution is 2.33. The van der Waals surface area contributed by atoms with E-state index in [1.165, 1.54) is 0 Å². The van der Waals surface area contributed by atoms with Gasteiger partial charge in [-0.05, 0) is 35.9 Å². The second-order valence-corrected chi connectivity index (χ2v) is 7.06. The fraction of sp³-hybridized carbons (Fsp3) is 0.286. The Balaban J connectivity index is 1.60. The summed E-state index contributed by atoms with van der Waals surface area (Å²) < 4.78 is 52.7. The van der Waals surface area contributed by atoms with Crippen LogP contribution in [0.15, 0.2) is 42.5 Å². The second kappa shape index (κ2) is 8.85. The van der Waals surface area contributed by atoms with Crippen molar-refractivity contribution < 1.29 is 22.4 Å². The Labute approximate surface area is 170 Å². The van der Waals surface area contributed by atoms with Crippen molar-refractivity contribution in [1.82, 2.24) is 9.80 Å². The summed E-state index contributed by atoms with van der Waals surface area (Å²) in [6.07, 6.45) is -4.62. The summed E-state index contributed by atoms with van der Waals surface area (Å²) in [6.45, 7) is 1.54. The van der Waals surface area contributed by atoms with Crippen LogP contribution >= 0.6 is 11.6 Å². The molecule has 0 radical (unpaired) electrons. The summed E-state index contributed by atoms with van der Waals surface area (Å²) >= 11 is 5.88. The molecule has 3 rings (SSSR count). The maximum Gasteiger partial charge on any atom is 0.416 e.